The van der Waals surface area contributed by atoms with E-state index in [0.29, 0.717) is 0 Å². The van der Waals surface area contributed by atoms with E-state index in [2.05, 4.69) is 45.6 Å². The summed E-state index contributed by atoms with van der Waals surface area (Å²) in [4.78, 5) is 7.07. The Hall–Kier alpha value is -1.02. The maximum Gasteiger partial charge on any atom is 0.191 e. The summed E-state index contributed by atoms with van der Waals surface area (Å²) >= 11 is 0. The zero-order valence-corrected chi connectivity index (χ0v) is 19.6. The van der Waals surface area contributed by atoms with E-state index in [1.54, 1.807) is 0 Å². The third kappa shape index (κ3) is 6.24. The number of halogens is 1. The second kappa shape index (κ2) is 10.1. The summed E-state index contributed by atoms with van der Waals surface area (Å²) in [5.74, 6) is 3.40. The maximum absolute atomic E-state index is 6.08. The van der Waals surface area contributed by atoms with Crippen molar-refractivity contribution in [2.75, 3.05) is 33.3 Å². The highest BCUT2D eigenvalue weighted by Crippen LogP contribution is 2.32. The first-order valence-corrected chi connectivity index (χ1v) is 10.6. The number of nitrogens with zero attached hydrogens (tertiary/aromatic N) is 2. The molecule has 1 aromatic carbocycles. The van der Waals surface area contributed by atoms with Gasteiger partial charge in [-0.2, -0.15) is 0 Å². The molecule has 0 bridgehead atoms. The molecule has 1 atom stereocenters. The summed E-state index contributed by atoms with van der Waals surface area (Å²) < 4.78 is 6.08. The van der Waals surface area contributed by atoms with Crippen LogP contribution >= 0.6 is 24.0 Å². The SMILES string of the molecule is CN=C(NCc1ccc(C)cc1OCC1CC1)NCC1CCN(C2CC2)C1.I. The molecule has 28 heavy (non-hydrogen) atoms. The number of aryl methyl sites for hydroxylation is 1. The first-order chi connectivity index (χ1) is 13.2. The van der Waals surface area contributed by atoms with E-state index >= 15 is 0 Å². The van der Waals surface area contributed by atoms with Crippen LogP contribution in [0.15, 0.2) is 23.2 Å². The van der Waals surface area contributed by atoms with Crippen LogP contribution in [0.5, 0.6) is 5.75 Å². The van der Waals surface area contributed by atoms with Gasteiger partial charge in [0.15, 0.2) is 5.96 Å². The van der Waals surface area contributed by atoms with Crippen molar-refractivity contribution in [3.63, 3.8) is 0 Å². The number of benzene rings is 1. The zero-order chi connectivity index (χ0) is 18.6. The molecule has 3 fully saturated rings. The summed E-state index contributed by atoms with van der Waals surface area (Å²) in [6, 6.07) is 7.37. The monoisotopic (exact) mass is 498 g/mol. The van der Waals surface area contributed by atoms with Crippen LogP contribution < -0.4 is 15.4 Å². The third-order valence-corrected chi connectivity index (χ3v) is 6.00. The molecule has 0 amide bonds. The molecule has 1 aromatic rings. The standard InChI is InChI=1S/C22H34N4O.HI/c1-16-3-6-19(21(11-16)27-15-17-4-5-17)13-25-22(23-2)24-12-18-9-10-26(14-18)20-7-8-20;/h3,6,11,17-18,20H,4-5,7-10,12-15H2,1-2H3,(H2,23,24,25);1H. The topological polar surface area (TPSA) is 48.9 Å². The van der Waals surface area contributed by atoms with Crippen LogP contribution in [0.25, 0.3) is 0 Å². The van der Waals surface area contributed by atoms with Gasteiger partial charge in [0, 0.05) is 38.3 Å². The molecule has 1 aliphatic heterocycles. The molecule has 1 saturated heterocycles. The number of rotatable bonds is 8. The number of hydrogen-bond acceptors (Lipinski definition) is 3. The second-order valence-electron chi connectivity index (χ2n) is 8.55. The van der Waals surface area contributed by atoms with E-state index < -0.39 is 0 Å². The lowest BCUT2D eigenvalue weighted by Gasteiger charge is -2.18. The Morgan fingerprint density at radius 1 is 1.14 bits per heavy atom. The van der Waals surface area contributed by atoms with Crippen molar-refractivity contribution in [2.45, 2.75) is 51.6 Å². The molecule has 2 aliphatic carbocycles. The van der Waals surface area contributed by atoms with Gasteiger partial charge in [-0.1, -0.05) is 12.1 Å². The van der Waals surface area contributed by atoms with Gasteiger partial charge in [-0.3, -0.25) is 4.99 Å². The predicted molar refractivity (Wildman–Crippen MR) is 126 cm³/mol. The predicted octanol–water partition coefficient (Wildman–Crippen LogP) is 3.55. The average molecular weight is 498 g/mol. The normalized spacial score (nSPS) is 22.6. The van der Waals surface area contributed by atoms with E-state index in [1.807, 2.05) is 7.05 Å². The average Bonchev–Trinajstić information content (AvgIpc) is 3.61. The van der Waals surface area contributed by atoms with E-state index in [9.17, 15) is 0 Å². The molecule has 6 heteroatoms. The van der Waals surface area contributed by atoms with Gasteiger partial charge in [-0.25, -0.2) is 0 Å². The lowest BCUT2D eigenvalue weighted by atomic mass is 10.1. The van der Waals surface area contributed by atoms with Gasteiger partial charge in [0.2, 0.25) is 0 Å². The van der Waals surface area contributed by atoms with Crippen molar-refractivity contribution in [3.05, 3.63) is 29.3 Å². The van der Waals surface area contributed by atoms with Crippen LogP contribution in [0.2, 0.25) is 0 Å². The molecular formula is C22H35IN4O. The van der Waals surface area contributed by atoms with Gasteiger partial charge < -0.3 is 20.3 Å². The van der Waals surface area contributed by atoms with Gasteiger partial charge in [0.05, 0.1) is 6.61 Å². The lowest BCUT2D eigenvalue weighted by Crippen LogP contribution is -2.40. The Labute approximate surface area is 186 Å². The van der Waals surface area contributed by atoms with Crippen LogP contribution in [0.4, 0.5) is 0 Å². The van der Waals surface area contributed by atoms with E-state index in [0.717, 1.165) is 49.3 Å². The fourth-order valence-electron chi connectivity index (χ4n) is 3.88. The molecular weight excluding hydrogens is 463 g/mol. The summed E-state index contributed by atoms with van der Waals surface area (Å²) in [6.07, 6.45) is 6.75. The number of hydrogen-bond donors (Lipinski definition) is 2. The van der Waals surface area contributed by atoms with E-state index in [-0.39, 0.29) is 24.0 Å². The van der Waals surface area contributed by atoms with Gasteiger partial charge >= 0.3 is 0 Å². The van der Waals surface area contributed by atoms with Crippen molar-refractivity contribution in [2.24, 2.45) is 16.8 Å². The first-order valence-electron chi connectivity index (χ1n) is 10.6. The zero-order valence-electron chi connectivity index (χ0n) is 17.2. The van der Waals surface area contributed by atoms with Crippen LogP contribution in [-0.4, -0.2) is 50.2 Å². The second-order valence-corrected chi connectivity index (χ2v) is 8.55. The Morgan fingerprint density at radius 3 is 2.68 bits per heavy atom. The van der Waals surface area contributed by atoms with Crippen molar-refractivity contribution >= 4 is 29.9 Å². The van der Waals surface area contributed by atoms with Gasteiger partial charge in [0.25, 0.3) is 0 Å². The number of guanidine groups is 1. The maximum atomic E-state index is 6.08. The molecule has 0 radical (unpaired) electrons. The molecule has 3 aliphatic rings. The third-order valence-electron chi connectivity index (χ3n) is 6.00. The molecule has 0 aromatic heterocycles. The molecule has 1 heterocycles. The fraction of sp³-hybridized carbons (Fsp3) is 0.682. The molecule has 5 nitrogen and oxygen atoms in total. The Bertz CT molecular complexity index is 673. The van der Waals surface area contributed by atoms with E-state index in [4.69, 9.17) is 4.74 Å². The smallest absolute Gasteiger partial charge is 0.191 e. The quantitative estimate of drug-likeness (QED) is 0.327. The Balaban J connectivity index is 0.00000225. The summed E-state index contributed by atoms with van der Waals surface area (Å²) in [5, 5.41) is 6.99. The first kappa shape index (κ1) is 21.7. The van der Waals surface area contributed by atoms with Crippen LogP contribution in [0, 0.1) is 18.8 Å². The van der Waals surface area contributed by atoms with Crippen molar-refractivity contribution in [3.8, 4) is 5.75 Å². The van der Waals surface area contributed by atoms with Crippen molar-refractivity contribution in [1.82, 2.24) is 15.5 Å². The summed E-state index contributed by atoms with van der Waals surface area (Å²) in [7, 11) is 1.85. The highest BCUT2D eigenvalue weighted by Gasteiger charge is 2.34. The Morgan fingerprint density at radius 2 is 1.96 bits per heavy atom. The Kier molecular flexibility index (Phi) is 7.85. The van der Waals surface area contributed by atoms with Crippen LogP contribution in [-0.2, 0) is 6.54 Å². The van der Waals surface area contributed by atoms with E-state index in [1.165, 1.54) is 56.3 Å². The molecule has 2 N–H and O–H groups in total. The highest BCUT2D eigenvalue weighted by atomic mass is 127. The van der Waals surface area contributed by atoms with Crippen LogP contribution in [0.3, 0.4) is 0 Å². The fourth-order valence-corrected chi connectivity index (χ4v) is 3.88. The number of aliphatic imine (C=N–C) groups is 1. The van der Waals surface area contributed by atoms with Crippen molar-refractivity contribution < 1.29 is 4.74 Å². The minimum Gasteiger partial charge on any atom is -0.493 e. The number of ether oxygens (including phenoxy) is 1. The summed E-state index contributed by atoms with van der Waals surface area (Å²) in [5.41, 5.74) is 2.44. The molecule has 4 rings (SSSR count). The highest BCUT2D eigenvalue weighted by molar-refractivity contribution is 14.0. The largest absolute Gasteiger partial charge is 0.493 e. The lowest BCUT2D eigenvalue weighted by molar-refractivity contribution is 0.296. The number of likely N-dealkylation sites (tertiary alicyclic amines) is 1. The minimum atomic E-state index is 0. The van der Waals surface area contributed by atoms with Crippen molar-refractivity contribution in [1.29, 1.82) is 0 Å². The van der Waals surface area contributed by atoms with Crippen LogP contribution in [0.1, 0.15) is 43.2 Å². The molecule has 2 saturated carbocycles. The molecule has 1 unspecified atom stereocenters. The van der Waals surface area contributed by atoms with Gasteiger partial charge in [-0.15, -0.1) is 24.0 Å². The molecule has 156 valence electrons. The van der Waals surface area contributed by atoms with Gasteiger partial charge in [0.1, 0.15) is 5.75 Å². The summed E-state index contributed by atoms with van der Waals surface area (Å²) in [6.45, 7) is 7.22. The minimum absolute atomic E-state index is 0. The van der Waals surface area contributed by atoms with Gasteiger partial charge in [-0.05, 0) is 69.0 Å². The molecule has 0 spiro atoms. The number of nitrogens with one attached hydrogen (secondary N) is 2.